The maximum absolute atomic E-state index is 13.3. The van der Waals surface area contributed by atoms with Crippen LogP contribution in [0, 0.1) is 49.4 Å². The lowest BCUT2D eigenvalue weighted by atomic mass is 9.80. The molecule has 6 aromatic rings. The number of fused-ring (bicyclic) bond motifs is 2. The smallest absolute Gasteiger partial charge is 0.497 e. The van der Waals surface area contributed by atoms with Gasteiger partial charge in [-0.1, -0.05) is 71.1 Å². The summed E-state index contributed by atoms with van der Waals surface area (Å²) in [6.45, 7) is 27.6. The van der Waals surface area contributed by atoms with Gasteiger partial charge in [-0.2, -0.15) is 0 Å². The van der Waals surface area contributed by atoms with E-state index < -0.39 is 24.1 Å². The minimum absolute atomic E-state index is 0.0135. The molecule has 5 saturated carbocycles. The van der Waals surface area contributed by atoms with Crippen molar-refractivity contribution in [2.75, 3.05) is 95.0 Å². The summed E-state index contributed by atoms with van der Waals surface area (Å²) < 4.78 is 89.9. The van der Waals surface area contributed by atoms with Crippen LogP contribution in [0.25, 0.3) is 30.4 Å². The molecule has 0 amide bonds. The first-order valence-corrected chi connectivity index (χ1v) is 52.1. The average molecular weight is 2040 g/mol. The van der Waals surface area contributed by atoms with Crippen molar-refractivity contribution in [1.29, 1.82) is 0 Å². The highest BCUT2D eigenvalue weighted by Crippen LogP contribution is 2.45. The van der Waals surface area contributed by atoms with Crippen molar-refractivity contribution in [3.05, 3.63) is 153 Å². The monoisotopic (exact) mass is 2040 g/mol. The number of carbonyl (C=O) groups excluding carboxylic acids is 12. The molecule has 144 heavy (non-hydrogen) atoms. The Labute approximate surface area is 856 Å². The lowest BCUT2D eigenvalue weighted by molar-refractivity contribution is -0.151. The van der Waals surface area contributed by atoms with Gasteiger partial charge in [0.15, 0.2) is 21.5 Å². The second-order valence-electron chi connectivity index (χ2n) is 36.0. The Morgan fingerprint density at radius 2 is 0.688 bits per heavy atom. The summed E-state index contributed by atoms with van der Waals surface area (Å²) >= 11 is 2.91. The fourth-order valence-corrected chi connectivity index (χ4v) is 19.0. The minimum atomic E-state index is -0.775. The summed E-state index contributed by atoms with van der Waals surface area (Å²) in [4.78, 5) is 149. The second-order valence-corrected chi connectivity index (χ2v) is 38.0. The molecule has 0 saturated heterocycles. The van der Waals surface area contributed by atoms with Crippen molar-refractivity contribution in [3.63, 3.8) is 0 Å². The molecule has 0 radical (unpaired) electrons. The Hall–Kier alpha value is -11.4. The highest BCUT2D eigenvalue weighted by molar-refractivity contribution is 7.28. The molecule has 0 bridgehead atoms. The molecule has 792 valence electrons. The number of methoxy groups -OCH3 is 5. The van der Waals surface area contributed by atoms with Gasteiger partial charge in [0.05, 0.1) is 125 Å². The largest absolute Gasteiger partial charge is 0.513 e. The number of thiazole rings is 2. The number of Topliss-reactive ketones (excluding diaryl/α,β-unsaturated/α-hetero) is 2. The summed E-state index contributed by atoms with van der Waals surface area (Å²) in [7, 11) is 8.44. The first-order valence-electron chi connectivity index (χ1n) is 50.5. The summed E-state index contributed by atoms with van der Waals surface area (Å²) in [6, 6.07) is 20.8. The van der Waals surface area contributed by atoms with Crippen LogP contribution in [0.5, 0.6) is 28.7 Å². The van der Waals surface area contributed by atoms with Crippen LogP contribution in [0.15, 0.2) is 136 Å². The van der Waals surface area contributed by atoms with E-state index in [-0.39, 0.29) is 96.8 Å². The molecule has 2 heterocycles. The number of aromatic nitrogens is 2. The first kappa shape index (κ1) is 121. The van der Waals surface area contributed by atoms with Gasteiger partial charge in [0.2, 0.25) is 0 Å². The van der Waals surface area contributed by atoms with E-state index in [4.69, 9.17) is 90.5 Å². The molecular formula is C111H152N2O29S2. The van der Waals surface area contributed by atoms with Crippen LogP contribution in [-0.2, 0) is 105 Å². The Balaban J connectivity index is 0.000000276. The van der Waals surface area contributed by atoms with E-state index in [9.17, 15) is 57.5 Å². The number of nitrogens with zero attached hydrogens (tertiary/aromatic N) is 2. The molecule has 5 fully saturated rings. The molecule has 2 aromatic heterocycles. The lowest BCUT2D eigenvalue weighted by Crippen LogP contribution is -2.28. The van der Waals surface area contributed by atoms with Gasteiger partial charge >= 0.3 is 59.9 Å². The van der Waals surface area contributed by atoms with Gasteiger partial charge in [-0.15, -0.1) is 22.7 Å². The van der Waals surface area contributed by atoms with Crippen molar-refractivity contribution in [2.45, 2.75) is 277 Å². The van der Waals surface area contributed by atoms with Crippen molar-refractivity contribution in [2.24, 2.45) is 35.5 Å². The van der Waals surface area contributed by atoms with Crippen LogP contribution in [0.4, 0.5) is 4.79 Å². The molecule has 0 atom stereocenters. The van der Waals surface area contributed by atoms with Crippen LogP contribution in [0.3, 0.4) is 0 Å². The third kappa shape index (κ3) is 47.2. The molecule has 0 unspecified atom stereocenters. The van der Waals surface area contributed by atoms with Gasteiger partial charge in [-0.25, -0.2) is 43.5 Å². The molecule has 0 aliphatic heterocycles. The Bertz CT molecular complexity index is 4860. The third-order valence-electron chi connectivity index (χ3n) is 25.5. The molecule has 31 nitrogen and oxygen atoms in total. The van der Waals surface area contributed by atoms with E-state index in [2.05, 4.69) is 52.0 Å². The maximum Gasteiger partial charge on any atom is 0.513 e. The summed E-state index contributed by atoms with van der Waals surface area (Å²) in [6.07, 6.45) is 39.0. The second kappa shape index (κ2) is 70.4. The number of hydrogen-bond acceptors (Lipinski definition) is 33. The topological polar surface area (TPSA) is 388 Å². The van der Waals surface area contributed by atoms with Gasteiger partial charge in [0.1, 0.15) is 39.0 Å². The Kier molecular flexibility index (Phi) is 59.3. The van der Waals surface area contributed by atoms with Crippen LogP contribution < -0.4 is 23.7 Å². The van der Waals surface area contributed by atoms with Crippen LogP contribution in [0.2, 0.25) is 0 Å². The molecular weight excluding hydrogens is 1890 g/mol. The predicted molar refractivity (Wildman–Crippen MR) is 550 cm³/mol. The maximum atomic E-state index is 13.3. The number of ketones is 2. The van der Waals surface area contributed by atoms with Crippen LogP contribution >= 0.6 is 22.7 Å². The van der Waals surface area contributed by atoms with Gasteiger partial charge in [0.25, 0.3) is 0 Å². The van der Waals surface area contributed by atoms with E-state index in [1.54, 1.807) is 114 Å². The number of benzene rings is 4. The van der Waals surface area contributed by atoms with Crippen LogP contribution in [0.1, 0.15) is 260 Å². The third-order valence-corrected chi connectivity index (χ3v) is 27.7. The summed E-state index contributed by atoms with van der Waals surface area (Å²) in [5.74, 6) is 0.0563. The lowest BCUT2D eigenvalue weighted by Gasteiger charge is -2.27. The van der Waals surface area contributed by atoms with Crippen molar-refractivity contribution in [3.8, 4) is 38.8 Å². The van der Waals surface area contributed by atoms with Crippen LogP contribution in [-0.4, -0.2) is 201 Å². The van der Waals surface area contributed by atoms with E-state index >= 15 is 0 Å². The highest BCUT2D eigenvalue weighted by Gasteiger charge is 2.34. The first-order chi connectivity index (χ1) is 69.6. The number of ether oxygens (including phenoxy) is 17. The molecule has 5 aliphatic carbocycles. The van der Waals surface area contributed by atoms with Gasteiger partial charge in [-0.05, 0) is 304 Å². The number of esters is 9. The van der Waals surface area contributed by atoms with Crippen molar-refractivity contribution in [1.82, 2.24) is 9.97 Å². The fraction of sp³-hybridized carbons (Fsp3) is 0.568. The Morgan fingerprint density at radius 1 is 0.340 bits per heavy atom. The SMILES string of the molecule is C=CC(=O)OCCCCCCC1CCC(OC)CC1.C=CC(=O)OCCCCCCOC1CCC(OC)CC1.C=CC(=O)OCCCCOC(=O)C1CCC(OC)CC1.C=CC(=O)OCCCCOC(=O)Oc1ccc(OC)cc1.C=CC(=O)OCCCCOC(=O)c1ccc(OC)cc1.CC(=O)C1CCC(C(=O)Oc2ccc(OC(=O)C3CCC(C(C)=O)CC3)c3sc(-c4nc5c(C)cc(C)cc5s4)nc23)CC1. The van der Waals surface area contributed by atoms with E-state index in [0.717, 1.165) is 147 Å². The van der Waals surface area contributed by atoms with Gasteiger partial charge in [0, 0.05) is 70.2 Å². The number of carbonyl (C=O) groups is 12. The summed E-state index contributed by atoms with van der Waals surface area (Å²) in [5, 5.41) is 1.40. The number of aryl methyl sites for hydroxylation is 2. The zero-order valence-electron chi connectivity index (χ0n) is 85.8. The molecule has 5 aliphatic rings. The van der Waals surface area contributed by atoms with Crippen molar-refractivity contribution >= 4 is 115 Å². The summed E-state index contributed by atoms with van der Waals surface area (Å²) in [5.41, 5.74) is 4.10. The minimum Gasteiger partial charge on any atom is -0.497 e. The molecule has 11 rings (SSSR count). The average Bonchev–Trinajstić information content (AvgIpc) is 1.61. The molecule has 0 spiro atoms. The standard InChI is InChI=1S/C34H36N2O6S2.C16H28O4.C16H28O3.C15H18O6.C15H24O5.C15H18O5/c1-17-15-18(2)28-27(16-17)43-31(35-28)32-36-29-25(41-33(39)23-9-5-21(6-10-23)19(3)37)13-14-26(30(29)44-32)42-34(40)24-11-7-22(8-12-24)20(4)38;1-3-16(17)20-13-7-5-4-6-12-19-15-10-8-14(18-2)9-11-15;1-3-16(17)19-13-7-5-4-6-8-14-9-11-15(18-2)12-10-14;1-3-14(16)19-10-4-5-11-20-15(17)21-13-8-6-12(18-2)7-9-13;2*1-3-14(16)19-10-4-5-11-20-15(17)12-6-8-13(18-2)9-7-12/h13-16,21-24H,5-12H2,1-4H3;3,14-15H,1,4-13H2,2H3;3,14-15H,1,4-13H2,2H3;3,6-9H,1,4-5,10-11H2,2H3;3,12-13H,1,4-11H2,2H3;3,6-9H,1,4-5,10-11H2,2H3. The van der Waals surface area contributed by atoms with E-state index in [1.807, 2.05) is 14.0 Å². The van der Waals surface area contributed by atoms with Gasteiger partial charge < -0.3 is 80.5 Å². The quantitative estimate of drug-likeness (QED) is 0.00854. The van der Waals surface area contributed by atoms with E-state index in [0.29, 0.717) is 197 Å². The number of hydrogen-bond donors (Lipinski definition) is 0. The predicted octanol–water partition coefficient (Wildman–Crippen LogP) is 22.2. The number of rotatable bonds is 50. The molecule has 33 heteroatoms. The highest BCUT2D eigenvalue weighted by atomic mass is 32.1. The molecule has 0 N–H and O–H groups in total. The molecule has 4 aromatic carbocycles. The van der Waals surface area contributed by atoms with Gasteiger partial charge in [-0.3, -0.25) is 24.0 Å². The fourth-order valence-electron chi connectivity index (χ4n) is 16.8. The zero-order chi connectivity index (χ0) is 105. The normalized spacial score (nSPS) is 18.7. The Morgan fingerprint density at radius 3 is 1.13 bits per heavy atom. The van der Waals surface area contributed by atoms with Crippen molar-refractivity contribution < 1.29 is 138 Å². The van der Waals surface area contributed by atoms with E-state index in [1.165, 1.54) is 68.4 Å². The number of unbranched alkanes of at least 4 members (excludes halogenated alkanes) is 9. The zero-order valence-corrected chi connectivity index (χ0v) is 87.4.